The van der Waals surface area contributed by atoms with Crippen molar-refractivity contribution in [3.05, 3.63) is 53.9 Å². The summed E-state index contributed by atoms with van der Waals surface area (Å²) >= 11 is 0. The number of benzene rings is 1. The van der Waals surface area contributed by atoms with Gasteiger partial charge in [0, 0.05) is 18.0 Å². The Hall–Kier alpha value is -2.01. The zero-order valence-corrected chi connectivity index (χ0v) is 10.2. The Bertz CT molecular complexity index is 519. The summed E-state index contributed by atoms with van der Waals surface area (Å²) in [6.45, 7) is 0. The zero-order valence-electron chi connectivity index (χ0n) is 10.2. The topological polar surface area (TPSA) is 47.0 Å². The van der Waals surface area contributed by atoms with Crippen molar-refractivity contribution in [3.63, 3.8) is 0 Å². The highest BCUT2D eigenvalue weighted by molar-refractivity contribution is 5.36. The molecule has 0 spiro atoms. The van der Waals surface area contributed by atoms with Crippen molar-refractivity contribution in [2.75, 3.05) is 14.2 Å². The fourth-order valence-electron chi connectivity index (χ4n) is 1.84. The SMILES string of the molecule is CNC(c1cncnc1)c1ccc(F)c(OC)c1. The molecule has 0 fully saturated rings. The van der Waals surface area contributed by atoms with Crippen molar-refractivity contribution >= 4 is 0 Å². The van der Waals surface area contributed by atoms with Crippen LogP contribution in [0.5, 0.6) is 5.75 Å². The van der Waals surface area contributed by atoms with E-state index < -0.39 is 0 Å². The van der Waals surface area contributed by atoms with Gasteiger partial charge in [0.05, 0.1) is 13.2 Å². The summed E-state index contributed by atoms with van der Waals surface area (Å²) in [5, 5.41) is 3.15. The maximum atomic E-state index is 13.4. The van der Waals surface area contributed by atoms with Crippen molar-refractivity contribution in [1.29, 1.82) is 0 Å². The minimum atomic E-state index is -0.375. The van der Waals surface area contributed by atoms with Gasteiger partial charge in [0.2, 0.25) is 0 Å². The lowest BCUT2D eigenvalue weighted by atomic mass is 10.0. The average Bonchev–Trinajstić information content (AvgIpc) is 2.42. The van der Waals surface area contributed by atoms with Crippen molar-refractivity contribution in [1.82, 2.24) is 15.3 Å². The normalized spacial score (nSPS) is 12.2. The van der Waals surface area contributed by atoms with E-state index in [-0.39, 0.29) is 17.6 Å². The molecule has 0 aliphatic heterocycles. The summed E-state index contributed by atoms with van der Waals surface area (Å²) in [5.41, 5.74) is 1.80. The summed E-state index contributed by atoms with van der Waals surface area (Å²) in [6.07, 6.45) is 4.93. The van der Waals surface area contributed by atoms with Gasteiger partial charge in [-0.15, -0.1) is 0 Å². The van der Waals surface area contributed by atoms with E-state index in [4.69, 9.17) is 4.74 Å². The molecular weight excluding hydrogens is 233 g/mol. The van der Waals surface area contributed by atoms with Gasteiger partial charge < -0.3 is 10.1 Å². The number of nitrogens with one attached hydrogen (secondary N) is 1. The number of nitrogens with zero attached hydrogens (tertiary/aromatic N) is 2. The molecule has 0 bridgehead atoms. The standard InChI is InChI=1S/C13H14FN3O/c1-15-13(10-6-16-8-17-7-10)9-3-4-11(14)12(5-9)18-2/h3-8,13,15H,1-2H3. The van der Waals surface area contributed by atoms with E-state index in [9.17, 15) is 4.39 Å². The van der Waals surface area contributed by atoms with E-state index >= 15 is 0 Å². The van der Waals surface area contributed by atoms with Crippen LogP contribution in [0.3, 0.4) is 0 Å². The first kappa shape index (κ1) is 12.4. The first-order valence-corrected chi connectivity index (χ1v) is 5.52. The summed E-state index contributed by atoms with van der Waals surface area (Å²) in [5.74, 6) is -0.148. The molecule has 1 aromatic carbocycles. The minimum Gasteiger partial charge on any atom is -0.494 e. The van der Waals surface area contributed by atoms with Gasteiger partial charge in [0.15, 0.2) is 11.6 Å². The van der Waals surface area contributed by atoms with Crippen LogP contribution in [-0.4, -0.2) is 24.1 Å². The van der Waals surface area contributed by atoms with Crippen molar-refractivity contribution in [3.8, 4) is 5.75 Å². The summed E-state index contributed by atoms with van der Waals surface area (Å²) in [6, 6.07) is 4.68. The first-order chi connectivity index (χ1) is 8.76. The Kier molecular flexibility index (Phi) is 3.84. The second-order valence-electron chi connectivity index (χ2n) is 3.79. The molecule has 0 aliphatic rings. The van der Waals surface area contributed by atoms with Crippen LogP contribution in [0.2, 0.25) is 0 Å². The van der Waals surface area contributed by atoms with Gasteiger partial charge in [-0.25, -0.2) is 14.4 Å². The van der Waals surface area contributed by atoms with Crippen LogP contribution in [0.15, 0.2) is 36.9 Å². The van der Waals surface area contributed by atoms with Crippen LogP contribution in [0.4, 0.5) is 4.39 Å². The molecule has 1 atom stereocenters. The second-order valence-corrected chi connectivity index (χ2v) is 3.79. The molecule has 0 saturated heterocycles. The Labute approximate surface area is 105 Å². The Morgan fingerprint density at radius 1 is 1.22 bits per heavy atom. The molecule has 1 N–H and O–H groups in total. The third-order valence-corrected chi connectivity index (χ3v) is 2.71. The fraction of sp³-hybridized carbons (Fsp3) is 0.231. The van der Waals surface area contributed by atoms with E-state index in [0.29, 0.717) is 0 Å². The predicted molar refractivity (Wildman–Crippen MR) is 65.9 cm³/mol. The van der Waals surface area contributed by atoms with Gasteiger partial charge in [-0.1, -0.05) is 6.07 Å². The van der Waals surface area contributed by atoms with Gasteiger partial charge in [-0.2, -0.15) is 0 Å². The number of ether oxygens (including phenoxy) is 1. The lowest BCUT2D eigenvalue weighted by Gasteiger charge is -2.17. The minimum absolute atomic E-state index is 0.0966. The lowest BCUT2D eigenvalue weighted by Crippen LogP contribution is -2.18. The largest absolute Gasteiger partial charge is 0.494 e. The molecule has 4 nitrogen and oxygen atoms in total. The van der Waals surface area contributed by atoms with Gasteiger partial charge in [0.25, 0.3) is 0 Å². The van der Waals surface area contributed by atoms with E-state index in [1.165, 1.54) is 19.5 Å². The van der Waals surface area contributed by atoms with Crippen molar-refractivity contribution in [2.45, 2.75) is 6.04 Å². The average molecular weight is 247 g/mol. The Balaban J connectivity index is 2.39. The highest BCUT2D eigenvalue weighted by atomic mass is 19.1. The quantitative estimate of drug-likeness (QED) is 0.896. The summed E-state index contributed by atoms with van der Waals surface area (Å²) in [4.78, 5) is 7.97. The van der Waals surface area contributed by atoms with Crippen molar-refractivity contribution < 1.29 is 9.13 Å². The highest BCUT2D eigenvalue weighted by Crippen LogP contribution is 2.26. The van der Waals surface area contributed by atoms with Crippen LogP contribution in [0.1, 0.15) is 17.2 Å². The highest BCUT2D eigenvalue weighted by Gasteiger charge is 2.14. The van der Waals surface area contributed by atoms with E-state index in [2.05, 4.69) is 15.3 Å². The molecule has 2 rings (SSSR count). The number of hydrogen-bond acceptors (Lipinski definition) is 4. The number of rotatable bonds is 4. The maximum Gasteiger partial charge on any atom is 0.165 e. The van der Waals surface area contributed by atoms with Gasteiger partial charge in [0.1, 0.15) is 6.33 Å². The van der Waals surface area contributed by atoms with Crippen molar-refractivity contribution in [2.24, 2.45) is 0 Å². The van der Waals surface area contributed by atoms with Crippen LogP contribution in [0.25, 0.3) is 0 Å². The molecule has 0 aliphatic carbocycles. The molecule has 0 radical (unpaired) electrons. The molecule has 2 aromatic rings. The second kappa shape index (κ2) is 5.55. The fourth-order valence-corrected chi connectivity index (χ4v) is 1.84. The van der Waals surface area contributed by atoms with Gasteiger partial charge in [-0.3, -0.25) is 0 Å². The molecule has 1 heterocycles. The molecule has 18 heavy (non-hydrogen) atoms. The predicted octanol–water partition coefficient (Wildman–Crippen LogP) is 1.93. The van der Waals surface area contributed by atoms with Crippen LogP contribution in [-0.2, 0) is 0 Å². The number of methoxy groups -OCH3 is 1. The molecule has 0 saturated carbocycles. The maximum absolute atomic E-state index is 13.4. The van der Waals surface area contributed by atoms with Gasteiger partial charge >= 0.3 is 0 Å². The molecular formula is C13H14FN3O. The van der Waals surface area contributed by atoms with Gasteiger partial charge in [-0.05, 0) is 24.7 Å². The number of halogens is 1. The molecule has 1 aromatic heterocycles. The lowest BCUT2D eigenvalue weighted by molar-refractivity contribution is 0.385. The van der Waals surface area contributed by atoms with Crippen LogP contribution < -0.4 is 10.1 Å². The van der Waals surface area contributed by atoms with E-state index in [0.717, 1.165) is 11.1 Å². The van der Waals surface area contributed by atoms with Crippen LogP contribution in [0, 0.1) is 5.82 Å². The summed E-state index contributed by atoms with van der Waals surface area (Å²) in [7, 11) is 3.27. The van der Waals surface area contributed by atoms with E-state index in [1.54, 1.807) is 24.5 Å². The zero-order chi connectivity index (χ0) is 13.0. The molecule has 0 amide bonds. The van der Waals surface area contributed by atoms with Crippen LogP contribution >= 0.6 is 0 Å². The Morgan fingerprint density at radius 3 is 2.56 bits per heavy atom. The third kappa shape index (κ3) is 2.46. The smallest absolute Gasteiger partial charge is 0.165 e. The first-order valence-electron chi connectivity index (χ1n) is 5.52. The molecule has 94 valence electrons. The summed E-state index contributed by atoms with van der Waals surface area (Å²) < 4.78 is 18.4. The third-order valence-electron chi connectivity index (χ3n) is 2.71. The van der Waals surface area contributed by atoms with E-state index in [1.807, 2.05) is 7.05 Å². The Morgan fingerprint density at radius 2 is 1.94 bits per heavy atom. The molecule has 5 heteroatoms. The number of hydrogen-bond donors (Lipinski definition) is 1. The monoisotopic (exact) mass is 247 g/mol. The number of aromatic nitrogens is 2. The molecule has 1 unspecified atom stereocenters.